The first kappa shape index (κ1) is 16.9. The smallest absolute Gasteiger partial charge is 0.321 e. The molecular formula is C12H16FNO4S2. The number of nitrogens with one attached hydrogen (secondary N) is 1. The van der Waals surface area contributed by atoms with Gasteiger partial charge >= 0.3 is 5.97 Å². The van der Waals surface area contributed by atoms with Crippen LogP contribution in [0.2, 0.25) is 0 Å². The second-order valence-electron chi connectivity index (χ2n) is 4.20. The summed E-state index contributed by atoms with van der Waals surface area (Å²) in [4.78, 5) is 10.7. The van der Waals surface area contributed by atoms with Crippen LogP contribution in [0.1, 0.15) is 12.0 Å². The molecule has 0 fully saturated rings. The highest BCUT2D eigenvalue weighted by Gasteiger charge is 2.25. The van der Waals surface area contributed by atoms with E-state index < -0.39 is 27.9 Å². The normalized spacial score (nSPS) is 13.2. The van der Waals surface area contributed by atoms with Gasteiger partial charge in [0.25, 0.3) is 0 Å². The lowest BCUT2D eigenvalue weighted by Gasteiger charge is -2.14. The molecule has 0 aliphatic carbocycles. The number of thioether (sulfide) groups is 1. The summed E-state index contributed by atoms with van der Waals surface area (Å²) in [6.45, 7) is 1.51. The van der Waals surface area contributed by atoms with Gasteiger partial charge in [-0.2, -0.15) is 16.5 Å². The Balaban J connectivity index is 2.97. The Bertz CT molecular complexity index is 589. The monoisotopic (exact) mass is 321 g/mol. The standard InChI is InChI=1S/C12H16FNO4S2/c1-8-3-4-9(7-10(8)13)20(17,18)14-11(12(15)16)5-6-19-2/h3-4,7,11,14H,5-6H2,1-2H3,(H,15,16)/t11-/m1/s1. The zero-order valence-electron chi connectivity index (χ0n) is 11.1. The van der Waals surface area contributed by atoms with Gasteiger partial charge in [0, 0.05) is 0 Å². The number of sulfonamides is 1. The van der Waals surface area contributed by atoms with Crippen LogP contribution in [0.4, 0.5) is 4.39 Å². The Kier molecular flexibility index (Phi) is 5.97. The number of halogens is 1. The van der Waals surface area contributed by atoms with Crippen LogP contribution in [0, 0.1) is 12.7 Å². The maximum absolute atomic E-state index is 13.4. The summed E-state index contributed by atoms with van der Waals surface area (Å²) in [5.41, 5.74) is 0.320. The highest BCUT2D eigenvalue weighted by Crippen LogP contribution is 2.15. The summed E-state index contributed by atoms with van der Waals surface area (Å²) in [5, 5.41) is 9.00. The van der Waals surface area contributed by atoms with Crippen molar-refractivity contribution in [1.29, 1.82) is 0 Å². The molecule has 0 aliphatic rings. The van der Waals surface area contributed by atoms with Gasteiger partial charge in [-0.1, -0.05) is 6.07 Å². The predicted octanol–water partition coefficient (Wildman–Crippen LogP) is 1.62. The minimum atomic E-state index is -4.05. The van der Waals surface area contributed by atoms with Crippen molar-refractivity contribution in [1.82, 2.24) is 4.72 Å². The number of carboxylic acids is 1. The number of hydrogen-bond donors (Lipinski definition) is 2. The molecule has 8 heteroatoms. The largest absolute Gasteiger partial charge is 0.480 e. The number of benzene rings is 1. The van der Waals surface area contributed by atoms with Crippen molar-refractivity contribution in [3.63, 3.8) is 0 Å². The van der Waals surface area contributed by atoms with Crippen LogP contribution >= 0.6 is 11.8 Å². The third-order valence-corrected chi connectivity index (χ3v) is 4.77. The van der Waals surface area contributed by atoms with E-state index in [2.05, 4.69) is 4.72 Å². The molecule has 1 aromatic carbocycles. The summed E-state index contributed by atoms with van der Waals surface area (Å²) in [6.07, 6.45) is 1.95. The SMILES string of the molecule is CSCC[C@@H](NS(=O)(=O)c1ccc(C)c(F)c1)C(=O)O. The molecule has 0 unspecified atom stereocenters. The lowest BCUT2D eigenvalue weighted by Crippen LogP contribution is -2.41. The number of rotatable bonds is 7. The molecule has 0 saturated heterocycles. The van der Waals surface area contributed by atoms with E-state index >= 15 is 0 Å². The Morgan fingerprint density at radius 3 is 2.65 bits per heavy atom. The van der Waals surface area contributed by atoms with Gasteiger partial charge in [0.05, 0.1) is 4.90 Å². The average Bonchev–Trinajstić information content (AvgIpc) is 2.37. The molecule has 0 radical (unpaired) electrons. The highest BCUT2D eigenvalue weighted by molar-refractivity contribution is 7.98. The predicted molar refractivity (Wildman–Crippen MR) is 75.9 cm³/mol. The quantitative estimate of drug-likeness (QED) is 0.797. The molecule has 112 valence electrons. The molecule has 1 rings (SSSR count). The van der Waals surface area contributed by atoms with Crippen molar-refractivity contribution in [2.45, 2.75) is 24.3 Å². The van der Waals surface area contributed by atoms with Crippen molar-refractivity contribution in [2.75, 3.05) is 12.0 Å². The van der Waals surface area contributed by atoms with Crippen LogP contribution in [0.25, 0.3) is 0 Å². The molecule has 1 aromatic rings. The molecule has 1 atom stereocenters. The van der Waals surface area contributed by atoms with Crippen LogP contribution in [0.5, 0.6) is 0 Å². The zero-order chi connectivity index (χ0) is 15.3. The van der Waals surface area contributed by atoms with E-state index in [4.69, 9.17) is 5.11 Å². The van der Waals surface area contributed by atoms with E-state index in [0.29, 0.717) is 11.3 Å². The minimum absolute atomic E-state index is 0.157. The van der Waals surface area contributed by atoms with Crippen molar-refractivity contribution in [3.05, 3.63) is 29.6 Å². The number of carboxylic acid groups (broad SMARTS) is 1. The van der Waals surface area contributed by atoms with Gasteiger partial charge in [0.2, 0.25) is 10.0 Å². The molecular weight excluding hydrogens is 305 g/mol. The summed E-state index contributed by atoms with van der Waals surface area (Å²) in [5.74, 6) is -1.40. The van der Waals surface area contributed by atoms with Gasteiger partial charge in [-0.05, 0) is 43.0 Å². The first-order valence-electron chi connectivity index (χ1n) is 5.78. The highest BCUT2D eigenvalue weighted by atomic mass is 32.2. The van der Waals surface area contributed by atoms with Crippen LogP contribution in [-0.4, -0.2) is 37.5 Å². The third kappa shape index (κ3) is 4.46. The molecule has 0 aromatic heterocycles. The zero-order valence-corrected chi connectivity index (χ0v) is 12.7. The van der Waals surface area contributed by atoms with Crippen molar-refractivity contribution in [3.8, 4) is 0 Å². The fourth-order valence-electron chi connectivity index (χ4n) is 1.46. The molecule has 0 bridgehead atoms. The van der Waals surface area contributed by atoms with Crippen LogP contribution in [0.15, 0.2) is 23.1 Å². The summed E-state index contributed by atoms with van der Waals surface area (Å²) in [7, 11) is -4.05. The first-order valence-corrected chi connectivity index (χ1v) is 8.66. The van der Waals surface area contributed by atoms with Crippen LogP contribution < -0.4 is 4.72 Å². The molecule has 20 heavy (non-hydrogen) atoms. The van der Waals surface area contributed by atoms with E-state index in [1.165, 1.54) is 30.8 Å². The molecule has 5 nitrogen and oxygen atoms in total. The summed E-state index contributed by atoms with van der Waals surface area (Å²) < 4.78 is 39.5. The van der Waals surface area contributed by atoms with Gasteiger partial charge < -0.3 is 5.11 Å². The molecule has 0 amide bonds. The van der Waals surface area contributed by atoms with E-state index in [1.807, 2.05) is 0 Å². The van der Waals surface area contributed by atoms with E-state index in [0.717, 1.165) is 6.07 Å². The van der Waals surface area contributed by atoms with Gasteiger partial charge in [-0.25, -0.2) is 12.8 Å². The van der Waals surface area contributed by atoms with Crippen molar-refractivity contribution >= 4 is 27.8 Å². The minimum Gasteiger partial charge on any atom is -0.480 e. The Hall–Kier alpha value is -1.12. The number of carbonyl (C=O) groups is 1. The summed E-state index contributed by atoms with van der Waals surface area (Å²) >= 11 is 1.42. The second-order valence-corrected chi connectivity index (χ2v) is 6.90. The molecule has 0 heterocycles. The van der Waals surface area contributed by atoms with Crippen molar-refractivity contribution < 1.29 is 22.7 Å². The maximum Gasteiger partial charge on any atom is 0.321 e. The Morgan fingerprint density at radius 1 is 1.50 bits per heavy atom. The fourth-order valence-corrected chi connectivity index (χ4v) is 3.17. The first-order chi connectivity index (χ1) is 9.27. The second kappa shape index (κ2) is 7.05. The Morgan fingerprint density at radius 2 is 2.15 bits per heavy atom. The lowest BCUT2D eigenvalue weighted by atomic mass is 10.2. The van der Waals surface area contributed by atoms with Gasteiger partial charge in [-0.15, -0.1) is 0 Å². The van der Waals surface area contributed by atoms with Gasteiger partial charge in [-0.3, -0.25) is 4.79 Å². The van der Waals surface area contributed by atoms with Crippen LogP contribution in [-0.2, 0) is 14.8 Å². The maximum atomic E-state index is 13.4. The summed E-state index contributed by atoms with van der Waals surface area (Å²) in [6, 6.07) is 2.23. The van der Waals surface area contributed by atoms with E-state index in [-0.39, 0.29) is 11.3 Å². The van der Waals surface area contributed by atoms with E-state index in [9.17, 15) is 17.6 Å². The van der Waals surface area contributed by atoms with Gasteiger partial charge in [0.15, 0.2) is 0 Å². The van der Waals surface area contributed by atoms with Crippen molar-refractivity contribution in [2.24, 2.45) is 0 Å². The third-order valence-electron chi connectivity index (χ3n) is 2.66. The fraction of sp³-hybridized carbons (Fsp3) is 0.417. The average molecular weight is 321 g/mol. The molecule has 2 N–H and O–H groups in total. The molecule has 0 aliphatic heterocycles. The molecule has 0 saturated carbocycles. The lowest BCUT2D eigenvalue weighted by molar-refractivity contribution is -0.139. The van der Waals surface area contributed by atoms with Crippen LogP contribution in [0.3, 0.4) is 0 Å². The molecule has 0 spiro atoms. The number of aryl methyl sites for hydroxylation is 1. The number of hydrogen-bond acceptors (Lipinski definition) is 4. The topological polar surface area (TPSA) is 83.5 Å². The van der Waals surface area contributed by atoms with E-state index in [1.54, 1.807) is 6.26 Å². The number of aliphatic carboxylic acids is 1. The Labute approximate surface area is 121 Å². The van der Waals surface area contributed by atoms with Gasteiger partial charge in [0.1, 0.15) is 11.9 Å².